The second kappa shape index (κ2) is 4.34. The number of aliphatic hydroxyl groups is 1. The second-order valence-electron chi connectivity index (χ2n) is 6.05. The van der Waals surface area contributed by atoms with Crippen molar-refractivity contribution in [1.29, 1.82) is 0 Å². The highest BCUT2D eigenvalue weighted by atomic mass is 16.3. The molecule has 0 aliphatic rings. The molecule has 0 heterocycles. The first kappa shape index (κ1) is 12.7. The summed E-state index contributed by atoms with van der Waals surface area (Å²) in [5, 5.41) is 28.7. The third kappa shape index (κ3) is 1.56. The number of rotatable bonds is 1. The van der Waals surface area contributed by atoms with Crippen LogP contribution in [-0.4, -0.2) is 10.2 Å². The Morgan fingerprint density at radius 1 is 0.652 bits per heavy atom. The molecule has 110 valence electrons. The van der Waals surface area contributed by atoms with Gasteiger partial charge in [-0.15, -0.1) is 0 Å². The number of aliphatic hydroxyl groups excluding tert-OH is 1. The van der Waals surface area contributed by atoms with Crippen molar-refractivity contribution in [3.8, 4) is 5.75 Å². The third-order valence-electron chi connectivity index (χ3n) is 4.88. The SMILES string of the molecule is OCc1cccc2c1cc1ccc3c(O)ccc4ccc2c1c43. The Labute approximate surface area is 132 Å². The zero-order valence-electron chi connectivity index (χ0n) is 12.4. The fourth-order valence-corrected chi connectivity index (χ4v) is 3.82. The molecule has 0 aliphatic carbocycles. The molecule has 2 N–H and O–H groups in total. The number of hydrogen-bond donors (Lipinski definition) is 2. The first-order valence-electron chi connectivity index (χ1n) is 7.70. The summed E-state index contributed by atoms with van der Waals surface area (Å²) in [4.78, 5) is 0. The van der Waals surface area contributed by atoms with Crippen LogP contribution in [0, 0.1) is 0 Å². The smallest absolute Gasteiger partial charge is 0.123 e. The molecule has 5 rings (SSSR count). The molecule has 0 saturated heterocycles. The normalized spacial score (nSPS) is 12.0. The lowest BCUT2D eigenvalue weighted by Gasteiger charge is -2.15. The van der Waals surface area contributed by atoms with Gasteiger partial charge in [-0.05, 0) is 50.0 Å². The van der Waals surface area contributed by atoms with Gasteiger partial charge in [0.1, 0.15) is 5.75 Å². The van der Waals surface area contributed by atoms with E-state index in [1.165, 1.54) is 5.39 Å². The molecule has 2 nitrogen and oxygen atoms in total. The van der Waals surface area contributed by atoms with Gasteiger partial charge in [-0.2, -0.15) is 0 Å². The van der Waals surface area contributed by atoms with Crippen LogP contribution in [0.25, 0.3) is 43.1 Å². The maximum atomic E-state index is 10.2. The molecule has 0 spiro atoms. The lowest BCUT2D eigenvalue weighted by molar-refractivity contribution is 0.283. The summed E-state index contributed by atoms with van der Waals surface area (Å²) in [6.07, 6.45) is 0. The average Bonchev–Trinajstić information content (AvgIpc) is 2.60. The van der Waals surface area contributed by atoms with Gasteiger partial charge in [0, 0.05) is 10.8 Å². The van der Waals surface area contributed by atoms with Gasteiger partial charge < -0.3 is 10.2 Å². The minimum absolute atomic E-state index is 0.0334. The highest BCUT2D eigenvalue weighted by molar-refractivity contribution is 6.29. The molecular weight excluding hydrogens is 284 g/mol. The van der Waals surface area contributed by atoms with Gasteiger partial charge in [-0.3, -0.25) is 0 Å². The van der Waals surface area contributed by atoms with E-state index in [4.69, 9.17) is 0 Å². The molecule has 0 radical (unpaired) electrons. The van der Waals surface area contributed by atoms with Gasteiger partial charge in [-0.1, -0.05) is 48.5 Å². The van der Waals surface area contributed by atoms with Crippen LogP contribution in [0.5, 0.6) is 5.75 Å². The number of phenols is 1. The number of hydrogen-bond acceptors (Lipinski definition) is 2. The van der Waals surface area contributed by atoms with Gasteiger partial charge in [0.05, 0.1) is 6.61 Å². The molecule has 0 fully saturated rings. The largest absolute Gasteiger partial charge is 0.507 e. The lowest BCUT2D eigenvalue weighted by Crippen LogP contribution is -1.89. The van der Waals surface area contributed by atoms with Crippen LogP contribution < -0.4 is 0 Å². The van der Waals surface area contributed by atoms with E-state index in [2.05, 4.69) is 30.3 Å². The monoisotopic (exact) mass is 298 g/mol. The second-order valence-corrected chi connectivity index (χ2v) is 6.05. The van der Waals surface area contributed by atoms with Crippen molar-refractivity contribution < 1.29 is 10.2 Å². The third-order valence-corrected chi connectivity index (χ3v) is 4.88. The first-order valence-corrected chi connectivity index (χ1v) is 7.70. The summed E-state index contributed by atoms with van der Waals surface area (Å²) in [5.74, 6) is 0.316. The van der Waals surface area contributed by atoms with Crippen LogP contribution in [0.1, 0.15) is 5.56 Å². The van der Waals surface area contributed by atoms with E-state index < -0.39 is 0 Å². The minimum Gasteiger partial charge on any atom is -0.507 e. The molecule has 0 atom stereocenters. The van der Waals surface area contributed by atoms with Gasteiger partial charge in [-0.25, -0.2) is 0 Å². The summed E-state index contributed by atoms with van der Waals surface area (Å²) in [5.41, 5.74) is 0.941. The van der Waals surface area contributed by atoms with E-state index in [1.807, 2.05) is 24.3 Å². The van der Waals surface area contributed by atoms with E-state index >= 15 is 0 Å². The Bertz CT molecular complexity index is 1200. The zero-order valence-corrected chi connectivity index (χ0v) is 12.4. The standard InChI is InChI=1S/C21H14O2/c22-11-14-2-1-3-15-16-7-4-12-6-9-19(23)17-8-5-13(10-18(14)15)21(16)20(12)17/h1-10,22-23H,11H2. The van der Waals surface area contributed by atoms with E-state index in [0.29, 0.717) is 5.75 Å². The predicted molar refractivity (Wildman–Crippen MR) is 95.2 cm³/mol. The van der Waals surface area contributed by atoms with Gasteiger partial charge >= 0.3 is 0 Å². The van der Waals surface area contributed by atoms with E-state index in [0.717, 1.165) is 43.3 Å². The van der Waals surface area contributed by atoms with Crippen molar-refractivity contribution in [2.24, 2.45) is 0 Å². The maximum Gasteiger partial charge on any atom is 0.123 e. The highest BCUT2D eigenvalue weighted by Gasteiger charge is 2.13. The van der Waals surface area contributed by atoms with Crippen LogP contribution in [0.3, 0.4) is 0 Å². The van der Waals surface area contributed by atoms with E-state index in [-0.39, 0.29) is 6.61 Å². The summed E-state index contributed by atoms with van der Waals surface area (Å²) in [6.45, 7) is 0.0334. The summed E-state index contributed by atoms with van der Waals surface area (Å²) in [7, 11) is 0. The van der Waals surface area contributed by atoms with Crippen molar-refractivity contribution in [1.82, 2.24) is 0 Å². The average molecular weight is 298 g/mol. The molecule has 0 amide bonds. The molecule has 0 unspecified atom stereocenters. The zero-order chi connectivity index (χ0) is 15.6. The Hall–Kier alpha value is -2.84. The molecule has 0 saturated carbocycles. The van der Waals surface area contributed by atoms with Crippen LogP contribution in [0.4, 0.5) is 0 Å². The van der Waals surface area contributed by atoms with Crippen molar-refractivity contribution in [2.75, 3.05) is 0 Å². The highest BCUT2D eigenvalue weighted by Crippen LogP contribution is 2.41. The number of aromatic hydroxyl groups is 1. The van der Waals surface area contributed by atoms with Crippen LogP contribution in [0.2, 0.25) is 0 Å². The predicted octanol–water partition coefficient (Wildman–Crippen LogP) is 4.94. The van der Waals surface area contributed by atoms with Crippen molar-refractivity contribution >= 4 is 43.1 Å². The van der Waals surface area contributed by atoms with Gasteiger partial charge in [0.15, 0.2) is 0 Å². The number of phenolic OH excluding ortho intramolecular Hbond substituents is 1. The Kier molecular flexibility index (Phi) is 2.39. The Morgan fingerprint density at radius 2 is 1.39 bits per heavy atom. The summed E-state index contributed by atoms with van der Waals surface area (Å²) >= 11 is 0. The van der Waals surface area contributed by atoms with Crippen LogP contribution >= 0.6 is 0 Å². The number of benzene rings is 5. The molecule has 0 bridgehead atoms. The molecule has 0 aliphatic heterocycles. The lowest BCUT2D eigenvalue weighted by atomic mass is 9.89. The first-order chi connectivity index (χ1) is 11.3. The molecule has 2 heteroatoms. The number of fused-ring (bicyclic) bond motifs is 2. The molecular formula is C21H14O2. The van der Waals surface area contributed by atoms with Gasteiger partial charge in [0.2, 0.25) is 0 Å². The summed E-state index contributed by atoms with van der Waals surface area (Å²) in [6, 6.07) is 20.2. The van der Waals surface area contributed by atoms with E-state index in [9.17, 15) is 10.2 Å². The quantitative estimate of drug-likeness (QED) is 0.340. The van der Waals surface area contributed by atoms with Gasteiger partial charge in [0.25, 0.3) is 0 Å². The molecule has 23 heavy (non-hydrogen) atoms. The fraction of sp³-hybridized carbons (Fsp3) is 0.0476. The van der Waals surface area contributed by atoms with Crippen molar-refractivity contribution in [3.63, 3.8) is 0 Å². The Balaban J connectivity index is 2.14. The molecule has 5 aromatic carbocycles. The van der Waals surface area contributed by atoms with Crippen molar-refractivity contribution in [3.05, 3.63) is 66.2 Å². The summed E-state index contributed by atoms with van der Waals surface area (Å²) < 4.78 is 0. The molecule has 0 aromatic heterocycles. The topological polar surface area (TPSA) is 40.5 Å². The van der Waals surface area contributed by atoms with Crippen molar-refractivity contribution in [2.45, 2.75) is 6.61 Å². The van der Waals surface area contributed by atoms with E-state index in [1.54, 1.807) is 6.07 Å². The minimum atomic E-state index is 0.0334. The van der Waals surface area contributed by atoms with Crippen LogP contribution in [-0.2, 0) is 6.61 Å². The maximum absolute atomic E-state index is 10.2. The molecule has 5 aromatic rings. The fourth-order valence-electron chi connectivity index (χ4n) is 3.82. The Morgan fingerprint density at radius 3 is 2.26 bits per heavy atom. The van der Waals surface area contributed by atoms with Crippen LogP contribution in [0.15, 0.2) is 60.7 Å².